The van der Waals surface area contributed by atoms with Gasteiger partial charge < -0.3 is 15.2 Å². The monoisotopic (exact) mass is 321 g/mol. The molecule has 0 unspecified atom stereocenters. The van der Waals surface area contributed by atoms with E-state index in [9.17, 15) is 4.79 Å². The van der Waals surface area contributed by atoms with Gasteiger partial charge in [-0.25, -0.2) is 0 Å². The van der Waals surface area contributed by atoms with Crippen LogP contribution in [0.15, 0.2) is 54.6 Å². The van der Waals surface area contributed by atoms with Crippen LogP contribution >= 0.6 is 12.4 Å². The van der Waals surface area contributed by atoms with Crippen LogP contribution in [0.1, 0.15) is 23.6 Å². The van der Waals surface area contributed by atoms with Crippen molar-refractivity contribution in [3.63, 3.8) is 0 Å². The van der Waals surface area contributed by atoms with E-state index < -0.39 is 6.04 Å². The number of hydrogen-bond acceptors (Lipinski definition) is 4. The Hall–Kier alpha value is -2.04. The Morgan fingerprint density at radius 2 is 1.73 bits per heavy atom. The molecule has 0 aliphatic heterocycles. The van der Waals surface area contributed by atoms with Gasteiger partial charge in [-0.2, -0.15) is 0 Å². The van der Waals surface area contributed by atoms with Crippen molar-refractivity contribution in [2.75, 3.05) is 7.11 Å². The van der Waals surface area contributed by atoms with E-state index in [-0.39, 0.29) is 24.8 Å². The molecule has 0 aromatic heterocycles. The summed E-state index contributed by atoms with van der Waals surface area (Å²) < 4.78 is 10.5. The van der Waals surface area contributed by atoms with Gasteiger partial charge in [-0.05, 0) is 11.6 Å². The van der Waals surface area contributed by atoms with Gasteiger partial charge in [-0.3, -0.25) is 4.79 Å². The molecule has 118 valence electrons. The predicted octanol–water partition coefficient (Wildman–Crippen LogP) is 3.25. The average molecular weight is 322 g/mol. The number of ether oxygens (including phenoxy) is 2. The number of carbonyl (C=O) groups excluding carboxylic acids is 1. The molecule has 0 heterocycles. The normalized spacial score (nSPS) is 11.2. The molecular weight excluding hydrogens is 302 g/mol. The second-order valence-electron chi connectivity index (χ2n) is 4.70. The molecule has 0 saturated carbocycles. The summed E-state index contributed by atoms with van der Waals surface area (Å²) in [5, 5.41) is 0. The lowest BCUT2D eigenvalue weighted by Crippen LogP contribution is -2.17. The van der Waals surface area contributed by atoms with Crippen LogP contribution < -0.4 is 10.5 Å². The van der Waals surface area contributed by atoms with Crippen molar-refractivity contribution >= 4 is 18.4 Å². The number of hydrogen-bond donors (Lipinski definition) is 1. The van der Waals surface area contributed by atoms with Crippen molar-refractivity contribution in [1.29, 1.82) is 0 Å². The summed E-state index contributed by atoms with van der Waals surface area (Å²) in [6, 6.07) is 16.9. The quantitative estimate of drug-likeness (QED) is 0.830. The minimum Gasteiger partial charge on any atom is -0.489 e. The second kappa shape index (κ2) is 9.07. The molecule has 0 fully saturated rings. The summed E-state index contributed by atoms with van der Waals surface area (Å²) in [4.78, 5) is 11.3. The van der Waals surface area contributed by atoms with Crippen LogP contribution in [-0.2, 0) is 16.1 Å². The van der Waals surface area contributed by atoms with Gasteiger partial charge in [0.1, 0.15) is 12.4 Å². The lowest BCUT2D eigenvalue weighted by Gasteiger charge is -2.16. The molecular formula is C17H20ClNO3. The van der Waals surface area contributed by atoms with Crippen LogP contribution in [0.5, 0.6) is 5.75 Å². The van der Waals surface area contributed by atoms with Crippen LogP contribution in [-0.4, -0.2) is 13.1 Å². The zero-order valence-electron chi connectivity index (χ0n) is 12.4. The number of halogens is 1. The van der Waals surface area contributed by atoms with E-state index in [0.717, 1.165) is 11.1 Å². The fraction of sp³-hybridized carbons (Fsp3) is 0.235. The van der Waals surface area contributed by atoms with Crippen molar-refractivity contribution in [1.82, 2.24) is 0 Å². The lowest BCUT2D eigenvalue weighted by atomic mass is 10.0. The largest absolute Gasteiger partial charge is 0.489 e. The van der Waals surface area contributed by atoms with Crippen LogP contribution in [0.2, 0.25) is 0 Å². The third-order valence-corrected chi connectivity index (χ3v) is 3.17. The Balaban J connectivity index is 0.00000242. The highest BCUT2D eigenvalue weighted by Crippen LogP contribution is 2.26. The van der Waals surface area contributed by atoms with E-state index in [4.69, 9.17) is 10.5 Å². The first-order valence-corrected chi connectivity index (χ1v) is 6.78. The molecule has 0 saturated heterocycles. The molecule has 1 atom stereocenters. The first-order valence-electron chi connectivity index (χ1n) is 6.78. The molecule has 5 heteroatoms. The molecule has 0 bridgehead atoms. The zero-order chi connectivity index (χ0) is 15.1. The fourth-order valence-electron chi connectivity index (χ4n) is 2.03. The van der Waals surface area contributed by atoms with Gasteiger partial charge in [0.2, 0.25) is 0 Å². The molecule has 2 rings (SSSR count). The smallest absolute Gasteiger partial charge is 0.307 e. The number of methoxy groups -OCH3 is 1. The van der Waals surface area contributed by atoms with Crippen molar-refractivity contribution in [3.05, 3.63) is 65.7 Å². The maximum Gasteiger partial charge on any atom is 0.307 e. The van der Waals surface area contributed by atoms with E-state index in [1.54, 1.807) is 0 Å². The molecule has 22 heavy (non-hydrogen) atoms. The van der Waals surface area contributed by atoms with E-state index in [1.165, 1.54) is 7.11 Å². The molecule has 2 N–H and O–H groups in total. The Morgan fingerprint density at radius 1 is 1.09 bits per heavy atom. The van der Waals surface area contributed by atoms with E-state index >= 15 is 0 Å². The van der Waals surface area contributed by atoms with E-state index in [1.807, 2.05) is 54.6 Å². The van der Waals surface area contributed by atoms with E-state index in [2.05, 4.69) is 4.74 Å². The predicted molar refractivity (Wildman–Crippen MR) is 88.0 cm³/mol. The number of benzene rings is 2. The third-order valence-electron chi connectivity index (χ3n) is 3.17. The molecule has 2 aromatic rings. The highest BCUT2D eigenvalue weighted by atomic mass is 35.5. The van der Waals surface area contributed by atoms with E-state index in [0.29, 0.717) is 12.4 Å². The average Bonchev–Trinajstić information content (AvgIpc) is 2.54. The maximum absolute atomic E-state index is 11.3. The molecule has 0 spiro atoms. The van der Waals surface area contributed by atoms with Crippen LogP contribution in [0.4, 0.5) is 0 Å². The van der Waals surface area contributed by atoms with Crippen LogP contribution in [0.3, 0.4) is 0 Å². The second-order valence-corrected chi connectivity index (χ2v) is 4.70. The molecule has 0 aliphatic rings. The summed E-state index contributed by atoms with van der Waals surface area (Å²) in [7, 11) is 1.35. The summed E-state index contributed by atoms with van der Waals surface area (Å²) in [5.41, 5.74) is 7.94. The van der Waals surface area contributed by atoms with Gasteiger partial charge in [-0.15, -0.1) is 12.4 Å². The first kappa shape index (κ1) is 18.0. The van der Waals surface area contributed by atoms with Gasteiger partial charge in [0.15, 0.2) is 0 Å². The number of rotatable bonds is 6. The highest BCUT2D eigenvalue weighted by molar-refractivity contribution is 5.85. The first-order chi connectivity index (χ1) is 10.2. The standard InChI is InChI=1S/C17H19NO3.ClH/c1-20-17(19)11-15(18)14-9-5-6-10-16(14)21-12-13-7-3-2-4-8-13;/h2-10,15H,11-12,18H2,1H3;1H/t15-;/m1./s1. The topological polar surface area (TPSA) is 61.5 Å². The summed E-state index contributed by atoms with van der Waals surface area (Å²) in [6.45, 7) is 0.461. The number of carbonyl (C=O) groups is 1. The van der Waals surface area contributed by atoms with Crippen molar-refractivity contribution in [2.24, 2.45) is 5.73 Å². The van der Waals surface area contributed by atoms with Gasteiger partial charge in [-0.1, -0.05) is 48.5 Å². The Kier molecular flexibility index (Phi) is 7.43. The maximum atomic E-state index is 11.3. The molecule has 0 amide bonds. The minimum absolute atomic E-state index is 0. The summed E-state index contributed by atoms with van der Waals surface area (Å²) >= 11 is 0. The summed E-state index contributed by atoms with van der Waals surface area (Å²) in [6.07, 6.45) is 0.127. The lowest BCUT2D eigenvalue weighted by molar-refractivity contribution is -0.141. The number of nitrogens with two attached hydrogens (primary N) is 1. The molecule has 2 aromatic carbocycles. The van der Waals surface area contributed by atoms with Crippen molar-refractivity contribution < 1.29 is 14.3 Å². The van der Waals surface area contributed by atoms with Gasteiger partial charge in [0.05, 0.1) is 13.5 Å². The Bertz CT molecular complexity index is 589. The number of para-hydroxylation sites is 1. The Morgan fingerprint density at radius 3 is 2.41 bits per heavy atom. The van der Waals surface area contributed by atoms with Crippen LogP contribution in [0, 0.1) is 0 Å². The molecule has 0 radical (unpaired) electrons. The zero-order valence-corrected chi connectivity index (χ0v) is 13.2. The Labute approximate surface area is 136 Å². The third kappa shape index (κ3) is 5.06. The van der Waals surface area contributed by atoms with Crippen molar-refractivity contribution in [2.45, 2.75) is 19.1 Å². The minimum atomic E-state index is -0.440. The fourth-order valence-corrected chi connectivity index (χ4v) is 2.03. The van der Waals surface area contributed by atoms with Crippen molar-refractivity contribution in [3.8, 4) is 5.75 Å². The molecule has 4 nitrogen and oxygen atoms in total. The molecule has 0 aliphatic carbocycles. The van der Waals surface area contributed by atoms with Crippen LogP contribution in [0.25, 0.3) is 0 Å². The van der Waals surface area contributed by atoms with Gasteiger partial charge >= 0.3 is 5.97 Å². The SMILES string of the molecule is COC(=O)C[C@@H](N)c1ccccc1OCc1ccccc1.Cl. The summed E-state index contributed by atoms with van der Waals surface area (Å²) in [5.74, 6) is 0.359. The van der Waals surface area contributed by atoms with Gasteiger partial charge in [0.25, 0.3) is 0 Å². The highest BCUT2D eigenvalue weighted by Gasteiger charge is 2.16. The van der Waals surface area contributed by atoms with Gasteiger partial charge in [0, 0.05) is 11.6 Å². The number of esters is 1.